The summed E-state index contributed by atoms with van der Waals surface area (Å²) >= 11 is 1.64. The number of nitrogens with one attached hydrogen (secondary N) is 2. The predicted octanol–water partition coefficient (Wildman–Crippen LogP) is 2.86. The third-order valence-electron chi connectivity index (χ3n) is 3.75. The minimum absolute atomic E-state index is 0. The van der Waals surface area contributed by atoms with Crippen molar-refractivity contribution >= 4 is 41.5 Å². The van der Waals surface area contributed by atoms with Crippen LogP contribution in [0.2, 0.25) is 0 Å². The summed E-state index contributed by atoms with van der Waals surface area (Å²) in [6, 6.07) is 4.01. The van der Waals surface area contributed by atoms with E-state index in [1.54, 1.807) is 23.9 Å². The molecule has 24 heavy (non-hydrogen) atoms. The monoisotopic (exact) mass is 377 g/mol. The lowest BCUT2D eigenvalue weighted by Crippen LogP contribution is -2.36. The zero-order chi connectivity index (χ0) is 16.7. The van der Waals surface area contributed by atoms with Gasteiger partial charge >= 0.3 is 0 Å². The highest BCUT2D eigenvalue weighted by Crippen LogP contribution is 2.20. The van der Waals surface area contributed by atoms with E-state index in [4.69, 9.17) is 10.5 Å². The molecule has 1 aromatic carbocycles. The summed E-state index contributed by atoms with van der Waals surface area (Å²) in [4.78, 5) is 11.9. The minimum atomic E-state index is -0.581. The Morgan fingerprint density at radius 3 is 2.96 bits per heavy atom. The van der Waals surface area contributed by atoms with E-state index in [9.17, 15) is 9.18 Å². The maximum Gasteiger partial charge on any atom is 0.241 e. The molecule has 0 radical (unpaired) electrons. The number of halogens is 2. The Kier molecular flexibility index (Phi) is 9.43. The van der Waals surface area contributed by atoms with Crippen molar-refractivity contribution in [3.63, 3.8) is 0 Å². The van der Waals surface area contributed by atoms with Crippen molar-refractivity contribution < 1.29 is 13.9 Å². The van der Waals surface area contributed by atoms with Crippen molar-refractivity contribution in [1.29, 1.82) is 0 Å². The van der Waals surface area contributed by atoms with Crippen LogP contribution in [0.5, 0.6) is 0 Å². The van der Waals surface area contributed by atoms with E-state index in [1.165, 1.54) is 6.07 Å². The maximum absolute atomic E-state index is 14.1. The van der Waals surface area contributed by atoms with E-state index in [-0.39, 0.29) is 24.4 Å². The van der Waals surface area contributed by atoms with Gasteiger partial charge in [0.1, 0.15) is 5.82 Å². The number of hydrogen-bond donors (Lipinski definition) is 3. The Bertz CT molecular complexity index is 530. The van der Waals surface area contributed by atoms with Crippen molar-refractivity contribution in [2.75, 3.05) is 35.8 Å². The Morgan fingerprint density at radius 1 is 1.54 bits per heavy atom. The highest BCUT2D eigenvalue weighted by atomic mass is 35.5. The quantitative estimate of drug-likeness (QED) is 0.649. The zero-order valence-corrected chi connectivity index (χ0v) is 15.4. The van der Waals surface area contributed by atoms with Crippen LogP contribution in [0.25, 0.3) is 0 Å². The molecule has 0 bridgehead atoms. The molecule has 2 atom stereocenters. The van der Waals surface area contributed by atoms with Crippen LogP contribution in [-0.4, -0.2) is 43.2 Å². The fraction of sp³-hybridized carbons (Fsp3) is 0.562. The van der Waals surface area contributed by atoms with Gasteiger partial charge in [-0.15, -0.1) is 12.4 Å². The van der Waals surface area contributed by atoms with Crippen LogP contribution in [0, 0.1) is 5.82 Å². The number of amides is 1. The van der Waals surface area contributed by atoms with E-state index in [0.717, 1.165) is 25.2 Å². The second kappa shape index (κ2) is 10.8. The smallest absolute Gasteiger partial charge is 0.241 e. The number of carbonyl (C=O) groups is 1. The number of anilines is 2. The molecule has 136 valence electrons. The van der Waals surface area contributed by atoms with Crippen LogP contribution in [-0.2, 0) is 9.53 Å². The Balaban J connectivity index is 0.00000288. The van der Waals surface area contributed by atoms with Crippen molar-refractivity contribution in [1.82, 2.24) is 0 Å². The maximum atomic E-state index is 14.1. The summed E-state index contributed by atoms with van der Waals surface area (Å²) in [7, 11) is 0. The Hall–Kier alpha value is -1.02. The number of hydrogen-bond acceptors (Lipinski definition) is 5. The van der Waals surface area contributed by atoms with Crippen molar-refractivity contribution in [3.05, 3.63) is 24.0 Å². The van der Waals surface area contributed by atoms with Gasteiger partial charge < -0.3 is 21.1 Å². The molecule has 1 saturated heterocycles. The van der Waals surface area contributed by atoms with Crippen LogP contribution < -0.4 is 16.4 Å². The van der Waals surface area contributed by atoms with Gasteiger partial charge in [0.2, 0.25) is 5.91 Å². The first-order chi connectivity index (χ1) is 11.1. The predicted molar refractivity (Wildman–Crippen MR) is 101 cm³/mol. The number of nitrogens with two attached hydrogens (primary N) is 1. The molecule has 2 rings (SSSR count). The second-order valence-corrected chi connectivity index (χ2v) is 6.57. The molecule has 1 aromatic rings. The summed E-state index contributed by atoms with van der Waals surface area (Å²) < 4.78 is 19.6. The van der Waals surface area contributed by atoms with Crippen molar-refractivity contribution in [3.8, 4) is 0 Å². The average Bonchev–Trinajstić information content (AvgIpc) is 3.05. The lowest BCUT2D eigenvalue weighted by Gasteiger charge is -2.14. The highest BCUT2D eigenvalue weighted by molar-refractivity contribution is 7.98. The average molecular weight is 378 g/mol. The topological polar surface area (TPSA) is 76.4 Å². The number of thioether (sulfide) groups is 1. The summed E-state index contributed by atoms with van der Waals surface area (Å²) in [5, 5.41) is 5.70. The molecule has 0 saturated carbocycles. The fourth-order valence-corrected chi connectivity index (χ4v) is 2.87. The van der Waals surface area contributed by atoms with Gasteiger partial charge in [0.05, 0.1) is 17.8 Å². The largest absolute Gasteiger partial charge is 0.380 e. The third kappa shape index (κ3) is 6.47. The summed E-state index contributed by atoms with van der Waals surface area (Å²) in [6.45, 7) is 1.36. The molecule has 5 nitrogen and oxygen atoms in total. The van der Waals surface area contributed by atoms with Gasteiger partial charge in [-0.2, -0.15) is 11.8 Å². The van der Waals surface area contributed by atoms with E-state index >= 15 is 0 Å². The van der Waals surface area contributed by atoms with Crippen molar-refractivity contribution in [2.45, 2.75) is 31.4 Å². The Morgan fingerprint density at radius 2 is 2.33 bits per heavy atom. The molecule has 0 aromatic heterocycles. The van der Waals surface area contributed by atoms with Gasteiger partial charge in [-0.05, 0) is 49.5 Å². The lowest BCUT2D eigenvalue weighted by molar-refractivity contribution is -0.117. The fourth-order valence-electron chi connectivity index (χ4n) is 2.38. The highest BCUT2D eigenvalue weighted by Gasteiger charge is 2.16. The first-order valence-electron chi connectivity index (χ1n) is 7.80. The van der Waals surface area contributed by atoms with Crippen LogP contribution in [0.1, 0.15) is 19.3 Å². The van der Waals surface area contributed by atoms with E-state index in [0.29, 0.717) is 24.3 Å². The van der Waals surface area contributed by atoms with Crippen LogP contribution >= 0.6 is 24.2 Å². The molecule has 1 amide bonds. The second-order valence-electron chi connectivity index (χ2n) is 5.59. The first-order valence-corrected chi connectivity index (χ1v) is 9.20. The SMILES string of the molecule is CSCC[C@H](N)C(=O)Nc1ccc(NCC2CCCO2)c(F)c1.Cl. The molecule has 0 spiro atoms. The first kappa shape index (κ1) is 21.0. The number of rotatable bonds is 8. The molecular weight excluding hydrogens is 353 g/mol. The molecule has 1 unspecified atom stereocenters. The summed E-state index contributed by atoms with van der Waals surface area (Å²) in [5.41, 5.74) is 6.61. The van der Waals surface area contributed by atoms with Crippen LogP contribution in [0.3, 0.4) is 0 Å². The van der Waals surface area contributed by atoms with Crippen LogP contribution in [0.4, 0.5) is 15.8 Å². The number of carbonyl (C=O) groups excluding carboxylic acids is 1. The van der Waals surface area contributed by atoms with Gasteiger partial charge in [-0.1, -0.05) is 0 Å². The molecule has 4 N–H and O–H groups in total. The number of ether oxygens (including phenoxy) is 1. The summed E-state index contributed by atoms with van der Waals surface area (Å²) in [6.07, 6.45) is 4.75. The number of benzene rings is 1. The molecule has 1 heterocycles. The van der Waals surface area contributed by atoms with Gasteiger partial charge in [-0.25, -0.2) is 4.39 Å². The van der Waals surface area contributed by atoms with Gasteiger partial charge in [0, 0.05) is 18.8 Å². The molecule has 1 fully saturated rings. The van der Waals surface area contributed by atoms with Gasteiger partial charge in [0.25, 0.3) is 0 Å². The molecule has 8 heteroatoms. The van der Waals surface area contributed by atoms with Gasteiger partial charge in [-0.3, -0.25) is 4.79 Å². The molecule has 0 aliphatic carbocycles. The lowest BCUT2D eigenvalue weighted by atomic mass is 10.2. The molecule has 1 aliphatic heterocycles. The Labute approximate surface area is 152 Å². The third-order valence-corrected chi connectivity index (χ3v) is 4.39. The molecular formula is C16H25ClFN3O2S. The zero-order valence-electron chi connectivity index (χ0n) is 13.7. The normalized spacial score (nSPS) is 17.9. The van der Waals surface area contributed by atoms with E-state index < -0.39 is 11.9 Å². The van der Waals surface area contributed by atoms with E-state index in [2.05, 4.69) is 10.6 Å². The standard InChI is InChI=1S/C16H24FN3O2S.ClH/c1-23-8-6-14(18)16(21)20-11-4-5-15(13(17)9-11)19-10-12-3-2-7-22-12;/h4-5,9,12,14,19H,2-3,6-8,10,18H2,1H3,(H,20,21);1H/t12?,14-;/m0./s1. The van der Waals surface area contributed by atoms with Gasteiger partial charge in [0.15, 0.2) is 0 Å². The van der Waals surface area contributed by atoms with E-state index in [1.807, 2.05) is 6.26 Å². The molecule has 1 aliphatic rings. The van der Waals surface area contributed by atoms with Crippen molar-refractivity contribution in [2.24, 2.45) is 5.73 Å². The summed E-state index contributed by atoms with van der Waals surface area (Å²) in [5.74, 6) is 0.117. The minimum Gasteiger partial charge on any atom is -0.380 e. The van der Waals surface area contributed by atoms with Crippen LogP contribution in [0.15, 0.2) is 18.2 Å².